The lowest BCUT2D eigenvalue weighted by Crippen LogP contribution is -2.03. The minimum atomic E-state index is -0.542. The summed E-state index contributed by atoms with van der Waals surface area (Å²) in [5.41, 5.74) is 0.926. The maximum atomic E-state index is 13.2. The fraction of sp³-hybridized carbons (Fsp3) is 0.0769. The number of nitro groups is 1. The van der Waals surface area contributed by atoms with Gasteiger partial charge in [-0.1, -0.05) is 6.07 Å². The lowest BCUT2D eigenvalue weighted by Gasteiger charge is -2.08. The van der Waals surface area contributed by atoms with Crippen LogP contribution in [0.25, 0.3) is 0 Å². The highest BCUT2D eigenvalue weighted by atomic mass is 79.9. The van der Waals surface area contributed by atoms with Crippen molar-refractivity contribution < 1.29 is 9.31 Å². The Bertz CT molecular complexity index is 665. The topological polar surface area (TPSA) is 55.2 Å². The molecule has 0 saturated heterocycles. The summed E-state index contributed by atoms with van der Waals surface area (Å²) in [5, 5.41) is 13.8. The number of benzene rings is 2. The summed E-state index contributed by atoms with van der Waals surface area (Å²) in [5.74, 6) is -0.518. The molecule has 0 aliphatic rings. The molecule has 2 aromatic carbocycles. The SMILES string of the molecule is O=[N+]([O-])c1ccc(F)cc1NCc1ccc(Br)c(Br)c1. The van der Waals surface area contributed by atoms with Crippen LogP contribution in [-0.4, -0.2) is 4.92 Å². The number of hydrogen-bond donors (Lipinski definition) is 1. The normalized spacial score (nSPS) is 10.3. The maximum absolute atomic E-state index is 13.2. The molecule has 0 radical (unpaired) electrons. The smallest absolute Gasteiger partial charge is 0.292 e. The van der Waals surface area contributed by atoms with Crippen LogP contribution >= 0.6 is 31.9 Å². The van der Waals surface area contributed by atoms with E-state index in [0.29, 0.717) is 6.54 Å². The van der Waals surface area contributed by atoms with Crippen molar-refractivity contribution in [2.24, 2.45) is 0 Å². The standard InChI is InChI=1S/C13H9Br2FN2O2/c14-10-3-1-8(5-11(10)15)7-17-12-6-9(16)2-4-13(12)18(19)20/h1-6,17H,7H2. The van der Waals surface area contributed by atoms with Gasteiger partial charge in [-0.15, -0.1) is 0 Å². The molecule has 0 spiro atoms. The number of nitrogens with one attached hydrogen (secondary N) is 1. The zero-order valence-corrected chi connectivity index (χ0v) is 13.2. The van der Waals surface area contributed by atoms with E-state index in [9.17, 15) is 14.5 Å². The van der Waals surface area contributed by atoms with Crippen LogP contribution in [-0.2, 0) is 6.54 Å². The van der Waals surface area contributed by atoms with Gasteiger partial charge < -0.3 is 5.32 Å². The van der Waals surface area contributed by atoms with Crippen LogP contribution in [0.1, 0.15) is 5.56 Å². The van der Waals surface area contributed by atoms with Crippen LogP contribution in [0.3, 0.4) is 0 Å². The lowest BCUT2D eigenvalue weighted by atomic mass is 10.2. The van der Waals surface area contributed by atoms with Gasteiger partial charge in [0.05, 0.1) is 4.92 Å². The third-order valence-corrected chi connectivity index (χ3v) is 4.50. The van der Waals surface area contributed by atoms with E-state index in [1.165, 1.54) is 0 Å². The van der Waals surface area contributed by atoms with Crippen molar-refractivity contribution >= 4 is 43.2 Å². The Balaban J connectivity index is 2.20. The van der Waals surface area contributed by atoms with Crippen molar-refractivity contribution in [3.63, 3.8) is 0 Å². The summed E-state index contributed by atoms with van der Waals surface area (Å²) in [6.45, 7) is 0.357. The van der Waals surface area contributed by atoms with Gasteiger partial charge in [-0.3, -0.25) is 10.1 Å². The van der Waals surface area contributed by atoms with Gasteiger partial charge >= 0.3 is 0 Å². The van der Waals surface area contributed by atoms with Gasteiger partial charge in [0.15, 0.2) is 0 Å². The van der Waals surface area contributed by atoms with E-state index in [1.807, 2.05) is 18.2 Å². The van der Waals surface area contributed by atoms with Crippen molar-refractivity contribution in [3.05, 3.63) is 66.8 Å². The molecule has 0 fully saturated rings. The number of anilines is 1. The first kappa shape index (κ1) is 14.9. The van der Waals surface area contributed by atoms with Gasteiger partial charge in [-0.05, 0) is 55.6 Å². The molecule has 7 heteroatoms. The fourth-order valence-electron chi connectivity index (χ4n) is 1.66. The first-order chi connectivity index (χ1) is 9.47. The molecule has 0 amide bonds. The van der Waals surface area contributed by atoms with Gasteiger partial charge in [0, 0.05) is 27.6 Å². The predicted molar refractivity (Wildman–Crippen MR) is 82.2 cm³/mol. The molecule has 0 aliphatic carbocycles. The largest absolute Gasteiger partial charge is 0.375 e. The molecule has 1 N–H and O–H groups in total. The highest BCUT2D eigenvalue weighted by molar-refractivity contribution is 9.13. The summed E-state index contributed by atoms with van der Waals surface area (Å²) in [7, 11) is 0. The molecular weight excluding hydrogens is 395 g/mol. The first-order valence-electron chi connectivity index (χ1n) is 5.59. The highest BCUT2D eigenvalue weighted by Crippen LogP contribution is 2.27. The third-order valence-electron chi connectivity index (χ3n) is 2.62. The zero-order valence-electron chi connectivity index (χ0n) is 10.1. The number of nitrogens with zero attached hydrogens (tertiary/aromatic N) is 1. The Kier molecular flexibility index (Phi) is 4.72. The van der Waals surface area contributed by atoms with Crippen LogP contribution in [0.4, 0.5) is 15.8 Å². The molecule has 0 bridgehead atoms. The second-order valence-corrected chi connectivity index (χ2v) is 5.73. The van der Waals surface area contributed by atoms with Crippen LogP contribution in [0, 0.1) is 15.9 Å². The summed E-state index contributed by atoms with van der Waals surface area (Å²) >= 11 is 6.74. The molecular formula is C13H9Br2FN2O2. The average molecular weight is 404 g/mol. The Morgan fingerprint density at radius 2 is 1.90 bits per heavy atom. The van der Waals surface area contributed by atoms with E-state index < -0.39 is 10.7 Å². The lowest BCUT2D eigenvalue weighted by molar-refractivity contribution is -0.384. The molecule has 20 heavy (non-hydrogen) atoms. The van der Waals surface area contributed by atoms with E-state index in [2.05, 4.69) is 37.2 Å². The molecule has 0 aromatic heterocycles. The summed E-state index contributed by atoms with van der Waals surface area (Å²) in [6.07, 6.45) is 0. The van der Waals surface area contributed by atoms with Crippen molar-refractivity contribution in [1.82, 2.24) is 0 Å². The number of rotatable bonds is 4. The minimum absolute atomic E-state index is 0.150. The molecule has 0 atom stereocenters. The zero-order chi connectivity index (χ0) is 14.7. The van der Waals surface area contributed by atoms with Gasteiger partial charge in [0.25, 0.3) is 5.69 Å². The minimum Gasteiger partial charge on any atom is -0.375 e. The maximum Gasteiger partial charge on any atom is 0.292 e. The monoisotopic (exact) mass is 402 g/mol. The average Bonchev–Trinajstić information content (AvgIpc) is 2.40. The summed E-state index contributed by atoms with van der Waals surface area (Å²) in [4.78, 5) is 10.3. The van der Waals surface area contributed by atoms with E-state index in [1.54, 1.807) is 0 Å². The number of halogens is 3. The fourth-order valence-corrected chi connectivity index (χ4v) is 2.33. The van der Waals surface area contributed by atoms with Gasteiger partial charge in [0.2, 0.25) is 0 Å². The Hall–Kier alpha value is -1.47. The van der Waals surface area contributed by atoms with Crippen molar-refractivity contribution in [2.75, 3.05) is 5.32 Å². The van der Waals surface area contributed by atoms with Crippen LogP contribution in [0.5, 0.6) is 0 Å². The second kappa shape index (κ2) is 6.32. The number of nitro benzene ring substituents is 1. The van der Waals surface area contributed by atoms with Crippen molar-refractivity contribution in [1.29, 1.82) is 0 Å². The molecule has 4 nitrogen and oxygen atoms in total. The van der Waals surface area contributed by atoms with Crippen LogP contribution < -0.4 is 5.32 Å². The predicted octanol–water partition coefficient (Wildman–Crippen LogP) is 4.87. The molecule has 0 saturated carbocycles. The highest BCUT2D eigenvalue weighted by Gasteiger charge is 2.14. The summed E-state index contributed by atoms with van der Waals surface area (Å²) < 4.78 is 15.0. The Morgan fingerprint density at radius 1 is 1.15 bits per heavy atom. The summed E-state index contributed by atoms with van der Waals surface area (Å²) in [6, 6.07) is 8.94. The van der Waals surface area contributed by atoms with Gasteiger partial charge in [-0.2, -0.15) is 0 Å². The van der Waals surface area contributed by atoms with Gasteiger partial charge in [-0.25, -0.2) is 4.39 Å². The molecule has 0 unspecified atom stereocenters. The molecule has 0 heterocycles. The first-order valence-corrected chi connectivity index (χ1v) is 7.17. The van der Waals surface area contributed by atoms with E-state index in [4.69, 9.17) is 0 Å². The van der Waals surface area contributed by atoms with E-state index in [-0.39, 0.29) is 11.4 Å². The molecule has 2 rings (SSSR count). The quantitative estimate of drug-likeness (QED) is 0.585. The molecule has 2 aromatic rings. The van der Waals surface area contributed by atoms with Crippen molar-refractivity contribution in [2.45, 2.75) is 6.54 Å². The van der Waals surface area contributed by atoms with E-state index >= 15 is 0 Å². The van der Waals surface area contributed by atoms with Crippen molar-refractivity contribution in [3.8, 4) is 0 Å². The number of hydrogen-bond acceptors (Lipinski definition) is 3. The van der Waals surface area contributed by atoms with Crippen LogP contribution in [0.2, 0.25) is 0 Å². The Labute approximate surface area is 131 Å². The Morgan fingerprint density at radius 3 is 2.55 bits per heavy atom. The second-order valence-electron chi connectivity index (χ2n) is 4.02. The van der Waals surface area contributed by atoms with E-state index in [0.717, 1.165) is 32.7 Å². The van der Waals surface area contributed by atoms with Gasteiger partial charge in [0.1, 0.15) is 11.5 Å². The third kappa shape index (κ3) is 3.55. The molecule has 104 valence electrons. The van der Waals surface area contributed by atoms with Crippen LogP contribution in [0.15, 0.2) is 45.3 Å². The molecule has 0 aliphatic heterocycles.